The van der Waals surface area contributed by atoms with Crippen molar-refractivity contribution < 1.29 is 14.3 Å². The summed E-state index contributed by atoms with van der Waals surface area (Å²) in [5.41, 5.74) is 11.7. The minimum Gasteiger partial charge on any atom is -0.463 e. The number of rotatable bonds is 4. The zero-order valence-electron chi connectivity index (χ0n) is 17.1. The third-order valence-corrected chi connectivity index (χ3v) is 4.88. The first-order valence-electron chi connectivity index (χ1n) is 9.49. The molecule has 1 unspecified atom stereocenters. The van der Waals surface area contributed by atoms with Crippen molar-refractivity contribution in [2.45, 2.75) is 33.6 Å². The Morgan fingerprint density at radius 2 is 1.83 bits per heavy atom. The van der Waals surface area contributed by atoms with Crippen molar-refractivity contribution in [1.29, 1.82) is 5.26 Å². The Balaban J connectivity index is 2.16. The SMILES string of the molecule is CCOC(=O)C1=C(C)OC(N)=C(C#N)C1c1cccc(-c2cc(C)cc(C)c2)c1. The summed E-state index contributed by atoms with van der Waals surface area (Å²) >= 11 is 0. The Bertz CT molecular complexity index is 1050. The highest BCUT2D eigenvalue weighted by Gasteiger charge is 2.36. The van der Waals surface area contributed by atoms with Crippen LogP contribution in [-0.2, 0) is 14.3 Å². The van der Waals surface area contributed by atoms with Gasteiger partial charge < -0.3 is 15.2 Å². The van der Waals surface area contributed by atoms with Gasteiger partial charge in [0.15, 0.2) is 0 Å². The first-order valence-corrected chi connectivity index (χ1v) is 9.49. The van der Waals surface area contributed by atoms with E-state index in [4.69, 9.17) is 15.2 Å². The lowest BCUT2D eigenvalue weighted by Gasteiger charge is -2.27. The summed E-state index contributed by atoms with van der Waals surface area (Å²) in [6.45, 7) is 7.74. The third kappa shape index (κ3) is 4.02. The van der Waals surface area contributed by atoms with E-state index in [1.54, 1.807) is 13.8 Å². The van der Waals surface area contributed by atoms with Gasteiger partial charge in [0, 0.05) is 0 Å². The summed E-state index contributed by atoms with van der Waals surface area (Å²) in [5, 5.41) is 9.73. The largest absolute Gasteiger partial charge is 0.463 e. The Hall–Kier alpha value is -3.52. The van der Waals surface area contributed by atoms with E-state index in [1.165, 1.54) is 11.1 Å². The van der Waals surface area contributed by atoms with E-state index in [0.717, 1.165) is 16.7 Å². The molecule has 0 fully saturated rings. The smallest absolute Gasteiger partial charge is 0.338 e. The van der Waals surface area contributed by atoms with E-state index in [-0.39, 0.29) is 18.1 Å². The number of nitrogens with zero attached hydrogens (tertiary/aromatic N) is 1. The minimum atomic E-state index is -0.640. The molecule has 0 aromatic heterocycles. The second-order valence-electron chi connectivity index (χ2n) is 7.12. The van der Waals surface area contributed by atoms with Gasteiger partial charge in [-0.2, -0.15) is 5.26 Å². The van der Waals surface area contributed by atoms with Crippen LogP contribution in [0.2, 0.25) is 0 Å². The van der Waals surface area contributed by atoms with Gasteiger partial charge in [-0.3, -0.25) is 0 Å². The van der Waals surface area contributed by atoms with E-state index >= 15 is 0 Å². The number of benzene rings is 2. The van der Waals surface area contributed by atoms with Crippen LogP contribution >= 0.6 is 0 Å². The standard InChI is InChI=1S/C24H24N2O3/c1-5-28-24(27)21-16(4)29-23(26)20(13-25)22(21)18-8-6-7-17(12-18)19-10-14(2)9-15(3)11-19/h6-12,22H,5,26H2,1-4H3. The highest BCUT2D eigenvalue weighted by molar-refractivity contribution is 5.92. The lowest BCUT2D eigenvalue weighted by molar-refractivity contribution is -0.139. The Labute approximate surface area is 171 Å². The molecule has 0 saturated heterocycles. The Kier molecular flexibility index (Phi) is 5.74. The van der Waals surface area contributed by atoms with Crippen molar-refractivity contribution in [2.75, 3.05) is 6.61 Å². The van der Waals surface area contributed by atoms with Crippen LogP contribution in [0, 0.1) is 25.2 Å². The van der Waals surface area contributed by atoms with Crippen LogP contribution in [0.15, 0.2) is 65.3 Å². The van der Waals surface area contributed by atoms with E-state index < -0.39 is 11.9 Å². The average Bonchev–Trinajstić information content (AvgIpc) is 2.67. The van der Waals surface area contributed by atoms with Crippen molar-refractivity contribution in [2.24, 2.45) is 5.73 Å². The third-order valence-electron chi connectivity index (χ3n) is 4.88. The summed E-state index contributed by atoms with van der Waals surface area (Å²) < 4.78 is 10.7. The Morgan fingerprint density at radius 1 is 1.14 bits per heavy atom. The molecule has 0 aliphatic carbocycles. The molecule has 5 nitrogen and oxygen atoms in total. The van der Waals surface area contributed by atoms with Crippen LogP contribution in [0.1, 0.15) is 36.5 Å². The fraction of sp³-hybridized carbons (Fsp3) is 0.250. The molecule has 1 heterocycles. The number of nitriles is 1. The zero-order valence-corrected chi connectivity index (χ0v) is 17.1. The highest BCUT2D eigenvalue weighted by Crippen LogP contribution is 2.40. The van der Waals surface area contributed by atoms with Crippen LogP contribution in [0.4, 0.5) is 0 Å². The Morgan fingerprint density at radius 3 is 2.45 bits per heavy atom. The second kappa shape index (κ2) is 8.24. The predicted octanol–water partition coefficient (Wildman–Crippen LogP) is 4.62. The number of nitrogens with two attached hydrogens (primary N) is 1. The fourth-order valence-electron chi connectivity index (χ4n) is 3.73. The van der Waals surface area contributed by atoms with Crippen LogP contribution < -0.4 is 5.73 Å². The lowest BCUT2D eigenvalue weighted by Crippen LogP contribution is -2.25. The summed E-state index contributed by atoms with van der Waals surface area (Å²) in [7, 11) is 0. The van der Waals surface area contributed by atoms with Gasteiger partial charge >= 0.3 is 5.97 Å². The molecule has 2 aromatic rings. The molecule has 0 bridgehead atoms. The number of aryl methyl sites for hydroxylation is 2. The molecule has 2 N–H and O–H groups in total. The van der Waals surface area contributed by atoms with Crippen molar-refractivity contribution in [3.63, 3.8) is 0 Å². The molecule has 3 rings (SSSR count). The van der Waals surface area contributed by atoms with Gasteiger partial charge in [0.1, 0.15) is 17.4 Å². The summed E-state index contributed by atoms with van der Waals surface area (Å²) in [5.74, 6) is -0.785. The number of allylic oxidation sites excluding steroid dienone is 2. The maximum Gasteiger partial charge on any atom is 0.338 e. The summed E-state index contributed by atoms with van der Waals surface area (Å²) in [4.78, 5) is 12.7. The van der Waals surface area contributed by atoms with E-state index in [0.29, 0.717) is 11.3 Å². The molecule has 0 saturated carbocycles. The van der Waals surface area contributed by atoms with Gasteiger partial charge in [0.05, 0.1) is 18.1 Å². The van der Waals surface area contributed by atoms with Gasteiger partial charge in [0.2, 0.25) is 5.88 Å². The summed E-state index contributed by atoms with van der Waals surface area (Å²) in [6, 6.07) is 16.3. The second-order valence-corrected chi connectivity index (χ2v) is 7.12. The number of hydrogen-bond donors (Lipinski definition) is 1. The molecule has 1 atom stereocenters. The molecule has 29 heavy (non-hydrogen) atoms. The fourth-order valence-corrected chi connectivity index (χ4v) is 3.73. The molecule has 5 heteroatoms. The number of ether oxygens (including phenoxy) is 2. The molecule has 1 aliphatic rings. The molecule has 148 valence electrons. The normalized spacial score (nSPS) is 16.3. The van der Waals surface area contributed by atoms with E-state index in [1.807, 2.05) is 24.3 Å². The van der Waals surface area contributed by atoms with Crippen LogP contribution in [0.5, 0.6) is 0 Å². The van der Waals surface area contributed by atoms with Crippen molar-refractivity contribution >= 4 is 5.97 Å². The zero-order chi connectivity index (χ0) is 21.1. The number of carbonyl (C=O) groups is 1. The van der Waals surface area contributed by atoms with Crippen molar-refractivity contribution in [1.82, 2.24) is 0 Å². The van der Waals surface area contributed by atoms with Crippen molar-refractivity contribution in [3.8, 4) is 17.2 Å². The van der Waals surface area contributed by atoms with E-state index in [2.05, 4.69) is 38.1 Å². The topological polar surface area (TPSA) is 85.3 Å². The first-order chi connectivity index (χ1) is 13.8. The quantitative estimate of drug-likeness (QED) is 0.773. The van der Waals surface area contributed by atoms with Gasteiger partial charge in [-0.15, -0.1) is 0 Å². The molecule has 0 radical (unpaired) electrons. The molecule has 0 amide bonds. The summed E-state index contributed by atoms with van der Waals surface area (Å²) in [6.07, 6.45) is 0. The van der Waals surface area contributed by atoms with Crippen LogP contribution in [-0.4, -0.2) is 12.6 Å². The predicted molar refractivity (Wildman–Crippen MR) is 111 cm³/mol. The number of esters is 1. The van der Waals surface area contributed by atoms with Gasteiger partial charge in [-0.05, 0) is 44.4 Å². The minimum absolute atomic E-state index is 0.0138. The molecule has 2 aromatic carbocycles. The van der Waals surface area contributed by atoms with Crippen LogP contribution in [0.25, 0.3) is 11.1 Å². The monoisotopic (exact) mass is 388 g/mol. The van der Waals surface area contributed by atoms with Gasteiger partial charge in [0.25, 0.3) is 0 Å². The maximum absolute atomic E-state index is 12.7. The molecular weight excluding hydrogens is 364 g/mol. The number of hydrogen-bond acceptors (Lipinski definition) is 5. The number of carbonyl (C=O) groups excluding carboxylic acids is 1. The lowest BCUT2D eigenvalue weighted by atomic mass is 9.82. The maximum atomic E-state index is 12.7. The van der Waals surface area contributed by atoms with Gasteiger partial charge in [-0.1, -0.05) is 53.6 Å². The highest BCUT2D eigenvalue weighted by atomic mass is 16.5. The van der Waals surface area contributed by atoms with Gasteiger partial charge in [-0.25, -0.2) is 4.79 Å². The first kappa shape index (κ1) is 20.2. The molecular formula is C24H24N2O3. The molecule has 1 aliphatic heterocycles. The van der Waals surface area contributed by atoms with E-state index in [9.17, 15) is 10.1 Å². The van der Waals surface area contributed by atoms with Crippen LogP contribution in [0.3, 0.4) is 0 Å². The van der Waals surface area contributed by atoms with Crippen molar-refractivity contribution in [3.05, 3.63) is 81.9 Å². The molecule has 0 spiro atoms. The average molecular weight is 388 g/mol.